The van der Waals surface area contributed by atoms with Crippen LogP contribution in [0.5, 0.6) is 28.7 Å². The van der Waals surface area contributed by atoms with Crippen LogP contribution in [-0.4, -0.2) is 39.3 Å². The molecule has 0 aliphatic rings. The summed E-state index contributed by atoms with van der Waals surface area (Å²) in [4.78, 5) is 13.0. The Morgan fingerprint density at radius 3 is 2.06 bits per heavy atom. The van der Waals surface area contributed by atoms with Crippen LogP contribution in [0.3, 0.4) is 0 Å². The van der Waals surface area contributed by atoms with E-state index >= 15 is 0 Å². The van der Waals surface area contributed by atoms with Gasteiger partial charge in [0.15, 0.2) is 11.5 Å². The normalized spacial score (nSPS) is 10.7. The van der Waals surface area contributed by atoms with Crippen LogP contribution in [-0.2, 0) is 6.42 Å². The van der Waals surface area contributed by atoms with Gasteiger partial charge in [0.1, 0.15) is 5.75 Å². The summed E-state index contributed by atoms with van der Waals surface area (Å²) in [5.74, 6) is 1.57. The minimum Gasteiger partial charge on any atom is -0.492 e. The molecule has 0 saturated heterocycles. The van der Waals surface area contributed by atoms with Crippen LogP contribution < -0.4 is 30.0 Å². The van der Waals surface area contributed by atoms with E-state index in [1.165, 1.54) is 21.3 Å². The first kappa shape index (κ1) is 26.4. The number of nitrogens with one attached hydrogen (secondary N) is 1. The Morgan fingerprint density at radius 2 is 1.58 bits per heavy atom. The van der Waals surface area contributed by atoms with E-state index in [0.717, 1.165) is 18.4 Å². The number of methoxy groups -OCH3 is 3. The molecule has 3 N–H and O–H groups in total. The Bertz CT molecular complexity index is 869. The summed E-state index contributed by atoms with van der Waals surface area (Å²) in [6.45, 7) is 6.50. The van der Waals surface area contributed by atoms with E-state index in [1.54, 1.807) is 6.07 Å². The second-order valence-corrected chi connectivity index (χ2v) is 7.50. The second kappa shape index (κ2) is 11.7. The van der Waals surface area contributed by atoms with Gasteiger partial charge in [-0.2, -0.15) is 0 Å². The van der Waals surface area contributed by atoms with E-state index in [9.17, 15) is 4.79 Å². The lowest BCUT2D eigenvalue weighted by Crippen LogP contribution is -2.42. The molecular weight excluding hydrogens is 420 g/mol. The van der Waals surface area contributed by atoms with Gasteiger partial charge in [0.05, 0.1) is 26.9 Å². The van der Waals surface area contributed by atoms with Crippen molar-refractivity contribution in [3.05, 3.63) is 41.5 Å². The van der Waals surface area contributed by atoms with Gasteiger partial charge in [-0.25, -0.2) is 0 Å². The highest BCUT2D eigenvalue weighted by Gasteiger charge is 2.28. The maximum atomic E-state index is 13.0. The van der Waals surface area contributed by atoms with Crippen molar-refractivity contribution in [1.29, 1.82) is 0 Å². The topological polar surface area (TPSA) is 92.0 Å². The van der Waals surface area contributed by atoms with Crippen molar-refractivity contribution in [2.24, 2.45) is 5.73 Å². The fourth-order valence-electron chi connectivity index (χ4n) is 2.91. The molecule has 0 aliphatic heterocycles. The number of rotatable bonds is 10. The van der Waals surface area contributed by atoms with Gasteiger partial charge < -0.3 is 30.0 Å². The zero-order valence-electron chi connectivity index (χ0n) is 19.0. The Labute approximate surface area is 190 Å². The number of amides is 1. The van der Waals surface area contributed by atoms with Crippen molar-refractivity contribution >= 4 is 18.3 Å². The van der Waals surface area contributed by atoms with Crippen molar-refractivity contribution < 1.29 is 23.7 Å². The summed E-state index contributed by atoms with van der Waals surface area (Å²) in [5.41, 5.74) is 6.64. The van der Waals surface area contributed by atoms with E-state index in [0.29, 0.717) is 29.4 Å². The van der Waals surface area contributed by atoms with Crippen molar-refractivity contribution in [2.75, 3.05) is 27.9 Å². The quantitative estimate of drug-likeness (QED) is 0.557. The molecule has 0 heterocycles. The maximum absolute atomic E-state index is 13.0. The summed E-state index contributed by atoms with van der Waals surface area (Å²) in [6, 6.07) is 9.21. The van der Waals surface area contributed by atoms with Crippen LogP contribution in [0.25, 0.3) is 0 Å². The third-order valence-electron chi connectivity index (χ3n) is 4.93. The third kappa shape index (κ3) is 6.42. The average Bonchev–Trinajstić information content (AvgIpc) is 2.73. The van der Waals surface area contributed by atoms with Gasteiger partial charge in [0.25, 0.3) is 5.91 Å². The summed E-state index contributed by atoms with van der Waals surface area (Å²) < 4.78 is 22.6. The molecule has 0 atom stereocenters. The maximum Gasteiger partial charge on any atom is 0.255 e. The Kier molecular flexibility index (Phi) is 9.94. The summed E-state index contributed by atoms with van der Waals surface area (Å²) >= 11 is 0. The summed E-state index contributed by atoms with van der Waals surface area (Å²) in [7, 11) is 4.48. The number of carbonyl (C=O) groups excluding carboxylic acids is 1. The lowest BCUT2D eigenvalue weighted by atomic mass is 10.0. The molecule has 0 spiro atoms. The fourth-order valence-corrected chi connectivity index (χ4v) is 2.91. The van der Waals surface area contributed by atoms with Crippen LogP contribution in [0.1, 0.15) is 43.1 Å². The SMILES string of the molecule is CCC(C)(C)NC(=O)c1cc(Oc2ccc(CCN)cc2)c(OC)c(OC)c1OC.Cl. The molecule has 31 heavy (non-hydrogen) atoms. The molecule has 0 aliphatic carbocycles. The van der Waals surface area contributed by atoms with Gasteiger partial charge in [-0.05, 0) is 50.9 Å². The smallest absolute Gasteiger partial charge is 0.255 e. The minimum atomic E-state index is -0.380. The van der Waals surface area contributed by atoms with E-state index in [-0.39, 0.29) is 35.4 Å². The van der Waals surface area contributed by atoms with E-state index in [1.807, 2.05) is 45.0 Å². The van der Waals surface area contributed by atoms with Crippen molar-refractivity contribution in [2.45, 2.75) is 39.2 Å². The van der Waals surface area contributed by atoms with Gasteiger partial charge in [0.2, 0.25) is 11.5 Å². The Morgan fingerprint density at radius 1 is 1.00 bits per heavy atom. The van der Waals surface area contributed by atoms with Gasteiger partial charge in [-0.3, -0.25) is 4.79 Å². The molecule has 0 fully saturated rings. The molecule has 0 radical (unpaired) electrons. The molecule has 0 unspecified atom stereocenters. The van der Waals surface area contributed by atoms with Crippen LogP contribution in [0, 0.1) is 0 Å². The molecule has 0 saturated carbocycles. The molecule has 0 aromatic heterocycles. The van der Waals surface area contributed by atoms with E-state index < -0.39 is 0 Å². The first-order valence-electron chi connectivity index (χ1n) is 9.92. The molecule has 1 amide bonds. The highest BCUT2D eigenvalue weighted by Crippen LogP contribution is 2.48. The molecule has 2 rings (SSSR count). The van der Waals surface area contributed by atoms with Crippen LogP contribution >= 0.6 is 12.4 Å². The lowest BCUT2D eigenvalue weighted by molar-refractivity contribution is 0.0907. The van der Waals surface area contributed by atoms with Crippen molar-refractivity contribution in [1.82, 2.24) is 5.32 Å². The fraction of sp³-hybridized carbons (Fsp3) is 0.435. The predicted octanol–water partition coefficient (Wildman–Crippen LogP) is 4.35. The number of hydrogen-bond donors (Lipinski definition) is 2. The lowest BCUT2D eigenvalue weighted by Gasteiger charge is -2.26. The van der Waals surface area contributed by atoms with Gasteiger partial charge in [0, 0.05) is 11.6 Å². The predicted molar refractivity (Wildman–Crippen MR) is 124 cm³/mol. The molecule has 0 bridgehead atoms. The molecule has 8 heteroatoms. The number of ether oxygens (including phenoxy) is 4. The molecule has 7 nitrogen and oxygen atoms in total. The van der Waals surface area contributed by atoms with Crippen LogP contribution in [0.4, 0.5) is 0 Å². The first-order chi connectivity index (χ1) is 14.3. The minimum absolute atomic E-state index is 0. The monoisotopic (exact) mass is 452 g/mol. The number of hydrogen-bond acceptors (Lipinski definition) is 6. The molecular formula is C23H33ClN2O5. The number of halogens is 1. The second-order valence-electron chi connectivity index (χ2n) is 7.50. The third-order valence-corrected chi connectivity index (χ3v) is 4.93. The Balaban J connectivity index is 0.00000480. The number of carbonyl (C=O) groups is 1. The van der Waals surface area contributed by atoms with Gasteiger partial charge in [-0.1, -0.05) is 19.1 Å². The van der Waals surface area contributed by atoms with Crippen molar-refractivity contribution in [3.63, 3.8) is 0 Å². The van der Waals surface area contributed by atoms with Gasteiger partial charge in [-0.15, -0.1) is 12.4 Å². The van der Waals surface area contributed by atoms with Crippen LogP contribution in [0.2, 0.25) is 0 Å². The number of benzene rings is 2. The van der Waals surface area contributed by atoms with E-state index in [2.05, 4.69) is 5.32 Å². The standard InChI is InChI=1S/C23H32N2O5.ClH/c1-7-23(2,3)25-22(26)17-14-18(20(28-5)21(29-6)19(17)27-4)30-16-10-8-15(9-11-16)12-13-24;/h8-11,14H,7,12-13,24H2,1-6H3,(H,25,26);1H. The zero-order valence-corrected chi connectivity index (χ0v) is 19.9. The molecule has 2 aromatic rings. The van der Waals surface area contributed by atoms with E-state index in [4.69, 9.17) is 24.7 Å². The highest BCUT2D eigenvalue weighted by atomic mass is 35.5. The van der Waals surface area contributed by atoms with Crippen LogP contribution in [0.15, 0.2) is 30.3 Å². The molecule has 2 aromatic carbocycles. The Hall–Kier alpha value is -2.64. The summed E-state index contributed by atoms with van der Waals surface area (Å²) in [6.07, 6.45) is 1.56. The van der Waals surface area contributed by atoms with Crippen molar-refractivity contribution in [3.8, 4) is 28.7 Å². The van der Waals surface area contributed by atoms with Gasteiger partial charge >= 0.3 is 0 Å². The highest BCUT2D eigenvalue weighted by molar-refractivity contribution is 5.99. The first-order valence-corrected chi connectivity index (χ1v) is 9.92. The summed E-state index contributed by atoms with van der Waals surface area (Å²) in [5, 5.41) is 3.02. The largest absolute Gasteiger partial charge is 0.492 e. The average molecular weight is 453 g/mol. The number of nitrogens with two attached hydrogens (primary N) is 1. The molecule has 172 valence electrons. The zero-order chi connectivity index (χ0) is 22.3.